The van der Waals surface area contributed by atoms with Crippen LogP contribution in [0.5, 0.6) is 0 Å². The van der Waals surface area contributed by atoms with Crippen LogP contribution in [0.4, 0.5) is 0 Å². The van der Waals surface area contributed by atoms with Crippen LogP contribution in [0.15, 0.2) is 0 Å². The molecule has 12 heavy (non-hydrogen) atoms. The van der Waals surface area contributed by atoms with E-state index < -0.39 is 0 Å². The van der Waals surface area contributed by atoms with Gasteiger partial charge >= 0.3 is 0 Å². The average molecular weight is 245 g/mol. The van der Waals surface area contributed by atoms with Crippen molar-refractivity contribution < 1.29 is 32.7 Å². The monoisotopic (exact) mass is 245 g/mol. The first-order valence-electron chi connectivity index (χ1n) is 4.61. The quantitative estimate of drug-likeness (QED) is 0.642. The molecule has 0 aliphatic carbocycles. The molecule has 0 saturated heterocycles. The summed E-state index contributed by atoms with van der Waals surface area (Å²) < 4.78 is 0. The van der Waals surface area contributed by atoms with E-state index in [-0.39, 0.29) is 32.7 Å². The first-order chi connectivity index (χ1) is 5.02. The van der Waals surface area contributed by atoms with Gasteiger partial charge in [0.05, 0.1) is 0 Å². The van der Waals surface area contributed by atoms with Crippen LogP contribution in [0.3, 0.4) is 0 Å². The van der Waals surface area contributed by atoms with Gasteiger partial charge in [-0.25, -0.2) is 0 Å². The van der Waals surface area contributed by atoms with Crippen molar-refractivity contribution in [2.45, 2.75) is 47.5 Å². The maximum Gasteiger partial charge on any atom is 0 e. The first kappa shape index (κ1) is 18.8. The summed E-state index contributed by atoms with van der Waals surface area (Å²) in [7, 11) is 0. The Hall–Kier alpha value is 1.10. The molecule has 73 valence electrons. The molecule has 0 aliphatic rings. The molecular weight excluding hydrogens is 221 g/mol. The summed E-state index contributed by atoms with van der Waals surface area (Å²) in [4.78, 5) is 0. The first-order valence-corrected chi connectivity index (χ1v) is 4.61. The molecule has 0 amide bonds. The van der Waals surface area contributed by atoms with E-state index in [1.54, 1.807) is 0 Å². The van der Waals surface area contributed by atoms with Gasteiger partial charge in [0.15, 0.2) is 0 Å². The molecule has 1 radical (unpaired) electrons. The van der Waals surface area contributed by atoms with Crippen molar-refractivity contribution in [2.75, 3.05) is 0 Å². The van der Waals surface area contributed by atoms with E-state index in [0.717, 1.165) is 12.8 Å². The van der Waals surface area contributed by atoms with Crippen molar-refractivity contribution in [1.82, 2.24) is 0 Å². The fraction of sp³-hybridized carbons (Fsp3) is 0.818. The predicted octanol–water partition coefficient (Wildman–Crippen LogP) is 4.12. The van der Waals surface area contributed by atoms with Gasteiger partial charge in [-0.15, -0.1) is 0 Å². The Morgan fingerprint density at radius 1 is 1.00 bits per heavy atom. The second kappa shape index (κ2) is 10.2. The zero-order valence-electron chi connectivity index (χ0n) is 9.48. The van der Waals surface area contributed by atoms with Gasteiger partial charge in [-0.05, 0) is 5.41 Å². The van der Waals surface area contributed by atoms with E-state index >= 15 is 0 Å². The molecule has 0 aromatic carbocycles. The molecular formula is C11H24Y-2. The Kier molecular flexibility index (Phi) is 16.0. The Balaban J connectivity index is -0.000000249. The van der Waals surface area contributed by atoms with Crippen LogP contribution in [-0.4, -0.2) is 0 Å². The van der Waals surface area contributed by atoms with E-state index in [1.807, 2.05) is 13.8 Å². The maximum absolute atomic E-state index is 3.88. The molecule has 0 spiro atoms. The van der Waals surface area contributed by atoms with Gasteiger partial charge in [-0.3, -0.25) is 0 Å². The van der Waals surface area contributed by atoms with Crippen molar-refractivity contribution in [1.29, 1.82) is 0 Å². The summed E-state index contributed by atoms with van der Waals surface area (Å²) >= 11 is 0. The topological polar surface area (TPSA) is 0 Å². The smallest absolute Gasteiger partial charge is 0 e. The Morgan fingerprint density at radius 2 is 1.25 bits per heavy atom. The van der Waals surface area contributed by atoms with Crippen molar-refractivity contribution in [3.8, 4) is 0 Å². The van der Waals surface area contributed by atoms with Crippen molar-refractivity contribution in [2.24, 2.45) is 11.3 Å². The Morgan fingerprint density at radius 3 is 1.25 bits per heavy atom. The minimum Gasteiger partial charge on any atom is -0.343 e. The molecule has 0 rings (SSSR count). The number of rotatable bonds is 2. The molecule has 0 bridgehead atoms. The van der Waals surface area contributed by atoms with Crippen LogP contribution < -0.4 is 0 Å². The van der Waals surface area contributed by atoms with Crippen molar-refractivity contribution in [3.05, 3.63) is 13.8 Å². The summed E-state index contributed by atoms with van der Waals surface area (Å²) in [5.74, 6) is 0.678. The van der Waals surface area contributed by atoms with Gasteiger partial charge in [0.1, 0.15) is 0 Å². The molecule has 0 aromatic heterocycles. The van der Waals surface area contributed by atoms with E-state index in [4.69, 9.17) is 0 Å². The molecule has 0 saturated carbocycles. The van der Waals surface area contributed by atoms with Crippen LogP contribution in [-0.2, 0) is 32.7 Å². The maximum atomic E-state index is 3.88. The second-order valence-corrected chi connectivity index (χ2v) is 3.64. The zero-order chi connectivity index (χ0) is 9.49. The fourth-order valence-corrected chi connectivity index (χ4v) is 1.01. The average Bonchev–Trinajstić information content (AvgIpc) is 1.92. The second-order valence-electron chi connectivity index (χ2n) is 3.64. The summed E-state index contributed by atoms with van der Waals surface area (Å²) in [6, 6.07) is 0. The van der Waals surface area contributed by atoms with Gasteiger partial charge in [-0.2, -0.15) is 12.8 Å². The van der Waals surface area contributed by atoms with Gasteiger partial charge in [0.25, 0.3) is 0 Å². The third-order valence-electron chi connectivity index (χ3n) is 1.92. The molecule has 0 unspecified atom stereocenters. The molecule has 0 atom stereocenters. The van der Waals surface area contributed by atoms with Gasteiger partial charge < -0.3 is 13.8 Å². The zero-order valence-corrected chi connectivity index (χ0v) is 12.3. The summed E-state index contributed by atoms with van der Waals surface area (Å²) in [5.41, 5.74) is 0.392. The van der Waals surface area contributed by atoms with Gasteiger partial charge in [-0.1, -0.05) is 40.5 Å². The van der Waals surface area contributed by atoms with Crippen molar-refractivity contribution >= 4 is 0 Å². The molecule has 0 aliphatic heterocycles. The minimum absolute atomic E-state index is 0. The van der Waals surface area contributed by atoms with Crippen LogP contribution >= 0.6 is 0 Å². The Labute approximate surface area is 105 Å². The molecule has 1 heteroatoms. The molecule has 0 fully saturated rings. The number of hydrogen-bond acceptors (Lipinski definition) is 0. The standard InChI is InChI=1S/C9H18.C2H6.Y/c1-6-8(7-2)9(3,4)5;1-2;/h8H,1-2,6-7H2,3-5H3;1-2H3;/q-2;;. The van der Waals surface area contributed by atoms with Gasteiger partial charge in [0.2, 0.25) is 0 Å². The van der Waals surface area contributed by atoms with E-state index in [1.165, 1.54) is 0 Å². The number of hydrogen-bond donors (Lipinski definition) is 0. The summed E-state index contributed by atoms with van der Waals surface area (Å²) in [6.07, 6.45) is 2.01. The Bertz CT molecular complexity index is 67.6. The normalized spacial score (nSPS) is 10.0. The minimum atomic E-state index is 0. The van der Waals surface area contributed by atoms with E-state index in [9.17, 15) is 0 Å². The molecule has 0 aromatic rings. The summed E-state index contributed by atoms with van der Waals surface area (Å²) in [6.45, 7) is 18.5. The van der Waals surface area contributed by atoms with Crippen LogP contribution in [0.25, 0.3) is 0 Å². The molecule has 0 nitrogen and oxygen atoms in total. The third kappa shape index (κ3) is 9.19. The van der Waals surface area contributed by atoms with E-state index in [0.29, 0.717) is 11.3 Å². The molecule has 0 N–H and O–H groups in total. The SMILES string of the molecule is CC.[CH2-]CC(C[CH2-])C(C)(C)C.[Y]. The third-order valence-corrected chi connectivity index (χ3v) is 1.92. The van der Waals surface area contributed by atoms with Crippen LogP contribution in [0.1, 0.15) is 47.5 Å². The van der Waals surface area contributed by atoms with Crippen LogP contribution in [0.2, 0.25) is 0 Å². The predicted molar refractivity (Wildman–Crippen MR) is 54.2 cm³/mol. The molecule has 0 heterocycles. The van der Waals surface area contributed by atoms with E-state index in [2.05, 4.69) is 34.6 Å². The fourth-order valence-electron chi connectivity index (χ4n) is 1.01. The summed E-state index contributed by atoms with van der Waals surface area (Å²) in [5, 5.41) is 0. The largest absolute Gasteiger partial charge is 0.343 e. The van der Waals surface area contributed by atoms with Gasteiger partial charge in [0, 0.05) is 32.7 Å². The van der Waals surface area contributed by atoms with Crippen molar-refractivity contribution in [3.63, 3.8) is 0 Å². The van der Waals surface area contributed by atoms with Crippen LogP contribution in [0, 0.1) is 25.2 Å².